The topological polar surface area (TPSA) is 133 Å². The molecule has 0 fully saturated rings. The van der Waals surface area contributed by atoms with E-state index in [0.717, 1.165) is 11.0 Å². The van der Waals surface area contributed by atoms with Crippen molar-refractivity contribution in [1.29, 1.82) is 0 Å². The number of carbonyl (C=O) groups excluding carboxylic acids is 2. The number of primary amides is 1. The van der Waals surface area contributed by atoms with E-state index in [9.17, 15) is 31.2 Å². The van der Waals surface area contributed by atoms with Gasteiger partial charge in [-0.05, 0) is 36.4 Å². The molecule has 0 spiro atoms. The van der Waals surface area contributed by atoms with E-state index in [2.05, 4.69) is 9.97 Å². The highest BCUT2D eigenvalue weighted by Crippen LogP contribution is 2.36. The first-order chi connectivity index (χ1) is 16.3. The van der Waals surface area contributed by atoms with Crippen LogP contribution in [0, 0.1) is 0 Å². The summed E-state index contributed by atoms with van der Waals surface area (Å²) < 4.78 is 69.7. The van der Waals surface area contributed by atoms with Gasteiger partial charge in [-0.2, -0.15) is 13.2 Å². The molecule has 0 radical (unpaired) electrons. The van der Waals surface area contributed by atoms with Crippen LogP contribution in [0.5, 0.6) is 5.88 Å². The average Bonchev–Trinajstić information content (AvgIpc) is 2.80. The molecule has 0 bridgehead atoms. The average molecular weight is 508 g/mol. The summed E-state index contributed by atoms with van der Waals surface area (Å²) in [6.45, 7) is -0.732. The summed E-state index contributed by atoms with van der Waals surface area (Å²) in [7, 11) is -2.75. The SMILES string of the molecule is COc1ncccc1-c1ccncc1N(CC(N)=O)C(=O)c1cc(C(F)(F)F)cc(S(C)(=O)=O)c1. The Labute approximate surface area is 198 Å². The molecule has 1 aromatic carbocycles. The Balaban J connectivity index is 2.24. The van der Waals surface area contributed by atoms with Crippen LogP contribution in [0.1, 0.15) is 15.9 Å². The maximum Gasteiger partial charge on any atom is 0.416 e. The van der Waals surface area contributed by atoms with Crippen molar-refractivity contribution < 1.29 is 35.9 Å². The van der Waals surface area contributed by atoms with Crippen LogP contribution in [-0.4, -0.2) is 50.1 Å². The smallest absolute Gasteiger partial charge is 0.416 e. The fraction of sp³-hybridized carbons (Fsp3) is 0.182. The minimum absolute atomic E-state index is 0.0147. The van der Waals surface area contributed by atoms with E-state index < -0.39 is 50.4 Å². The Morgan fingerprint density at radius 3 is 2.43 bits per heavy atom. The summed E-state index contributed by atoms with van der Waals surface area (Å²) in [6.07, 6.45) is -0.151. The van der Waals surface area contributed by atoms with Gasteiger partial charge in [0.25, 0.3) is 5.91 Å². The third kappa shape index (κ3) is 5.74. The maximum absolute atomic E-state index is 13.5. The number of anilines is 1. The number of nitrogens with two attached hydrogens (primary N) is 1. The van der Waals surface area contributed by atoms with Gasteiger partial charge in [0.2, 0.25) is 11.8 Å². The fourth-order valence-electron chi connectivity index (χ4n) is 3.27. The number of hydrogen-bond acceptors (Lipinski definition) is 7. The molecule has 13 heteroatoms. The van der Waals surface area contributed by atoms with Gasteiger partial charge in [-0.25, -0.2) is 13.4 Å². The zero-order chi connectivity index (χ0) is 26.0. The molecular formula is C22H19F3N4O5S. The van der Waals surface area contributed by atoms with E-state index in [-0.39, 0.29) is 11.6 Å². The van der Waals surface area contributed by atoms with Crippen molar-refractivity contribution in [2.75, 3.05) is 24.8 Å². The molecular weight excluding hydrogens is 489 g/mol. The van der Waals surface area contributed by atoms with Gasteiger partial charge in [-0.1, -0.05) is 0 Å². The summed E-state index contributed by atoms with van der Waals surface area (Å²) in [4.78, 5) is 33.4. The van der Waals surface area contributed by atoms with E-state index in [0.29, 0.717) is 29.5 Å². The Morgan fingerprint density at radius 2 is 1.83 bits per heavy atom. The van der Waals surface area contributed by atoms with Gasteiger partial charge in [0.15, 0.2) is 9.84 Å². The number of pyridine rings is 2. The molecule has 35 heavy (non-hydrogen) atoms. The summed E-state index contributed by atoms with van der Waals surface area (Å²) in [5, 5.41) is 0. The second-order valence-corrected chi connectivity index (χ2v) is 9.34. The van der Waals surface area contributed by atoms with Crippen molar-refractivity contribution in [3.05, 3.63) is 66.1 Å². The molecule has 184 valence electrons. The van der Waals surface area contributed by atoms with Gasteiger partial charge in [-0.15, -0.1) is 0 Å². The molecule has 9 nitrogen and oxygen atoms in total. The summed E-state index contributed by atoms with van der Waals surface area (Å²) in [5.74, 6) is -1.90. The quantitative estimate of drug-likeness (QED) is 0.519. The Kier molecular flexibility index (Phi) is 7.10. The number of ether oxygens (including phenoxy) is 1. The number of sulfone groups is 1. The minimum atomic E-state index is -4.94. The van der Waals surface area contributed by atoms with Gasteiger partial charge >= 0.3 is 6.18 Å². The van der Waals surface area contributed by atoms with Crippen LogP contribution in [0.3, 0.4) is 0 Å². The molecule has 0 saturated heterocycles. The number of hydrogen-bond donors (Lipinski definition) is 1. The standard InChI is InChI=1S/C22H19F3N4O5S/c1-34-20-17(4-3-6-28-20)16-5-7-27-11-18(16)29(12-19(26)30)21(31)13-8-14(22(23,24)25)10-15(9-13)35(2,32)33/h3-11H,12H2,1-2H3,(H2,26,30). The van der Waals surface area contributed by atoms with Gasteiger partial charge in [0.05, 0.1) is 29.5 Å². The van der Waals surface area contributed by atoms with Gasteiger partial charge in [0.1, 0.15) is 6.54 Å². The highest BCUT2D eigenvalue weighted by molar-refractivity contribution is 7.90. The number of methoxy groups -OCH3 is 1. The minimum Gasteiger partial charge on any atom is -0.481 e. The number of carbonyl (C=O) groups is 2. The zero-order valence-corrected chi connectivity index (χ0v) is 19.2. The van der Waals surface area contributed by atoms with Crippen LogP contribution in [0.2, 0.25) is 0 Å². The summed E-state index contributed by atoms with van der Waals surface area (Å²) in [6, 6.07) is 6.44. The fourth-order valence-corrected chi connectivity index (χ4v) is 3.95. The number of amides is 2. The van der Waals surface area contributed by atoms with Crippen molar-refractivity contribution >= 4 is 27.3 Å². The Hall–Kier alpha value is -4.00. The molecule has 2 amide bonds. The lowest BCUT2D eigenvalue weighted by Gasteiger charge is -2.24. The molecule has 0 atom stereocenters. The summed E-state index contributed by atoms with van der Waals surface area (Å²) in [5.41, 5.74) is 4.09. The second kappa shape index (κ2) is 9.70. The van der Waals surface area contributed by atoms with Crippen LogP contribution in [0.4, 0.5) is 18.9 Å². The monoisotopic (exact) mass is 508 g/mol. The third-order valence-corrected chi connectivity index (χ3v) is 5.91. The van der Waals surface area contributed by atoms with Crippen molar-refractivity contribution in [2.45, 2.75) is 11.1 Å². The number of halogens is 3. The van der Waals surface area contributed by atoms with Crippen LogP contribution in [0.25, 0.3) is 11.1 Å². The van der Waals surface area contributed by atoms with Crippen LogP contribution in [0.15, 0.2) is 59.9 Å². The number of benzene rings is 1. The van der Waals surface area contributed by atoms with E-state index in [4.69, 9.17) is 10.5 Å². The largest absolute Gasteiger partial charge is 0.481 e. The zero-order valence-electron chi connectivity index (χ0n) is 18.4. The lowest BCUT2D eigenvalue weighted by molar-refractivity contribution is -0.137. The maximum atomic E-state index is 13.5. The molecule has 2 N–H and O–H groups in total. The molecule has 3 rings (SSSR count). The van der Waals surface area contributed by atoms with E-state index in [1.165, 1.54) is 31.8 Å². The molecule has 0 aliphatic rings. The van der Waals surface area contributed by atoms with Crippen molar-refractivity contribution in [1.82, 2.24) is 9.97 Å². The van der Waals surface area contributed by atoms with Crippen molar-refractivity contribution in [2.24, 2.45) is 5.73 Å². The molecule has 0 unspecified atom stereocenters. The predicted octanol–water partition coefficient (Wildman–Crippen LogP) is 2.71. The second-order valence-electron chi connectivity index (χ2n) is 7.33. The number of aromatic nitrogens is 2. The van der Waals surface area contributed by atoms with Crippen molar-refractivity contribution in [3.8, 4) is 17.0 Å². The third-order valence-electron chi connectivity index (χ3n) is 4.81. The first-order valence-electron chi connectivity index (χ1n) is 9.79. The molecule has 2 aromatic heterocycles. The lowest BCUT2D eigenvalue weighted by atomic mass is 10.0. The van der Waals surface area contributed by atoms with E-state index in [1.807, 2.05) is 0 Å². The number of alkyl halides is 3. The van der Waals surface area contributed by atoms with E-state index in [1.54, 1.807) is 12.1 Å². The Bertz CT molecular complexity index is 1390. The normalized spacial score (nSPS) is 11.7. The summed E-state index contributed by atoms with van der Waals surface area (Å²) >= 11 is 0. The molecule has 0 aliphatic carbocycles. The Morgan fingerprint density at radius 1 is 1.11 bits per heavy atom. The first kappa shape index (κ1) is 25.6. The predicted molar refractivity (Wildman–Crippen MR) is 119 cm³/mol. The number of nitrogens with zero attached hydrogens (tertiary/aromatic N) is 3. The highest BCUT2D eigenvalue weighted by Gasteiger charge is 2.34. The molecule has 2 heterocycles. The van der Waals surface area contributed by atoms with E-state index >= 15 is 0 Å². The molecule has 0 aliphatic heterocycles. The van der Waals surface area contributed by atoms with Gasteiger partial charge in [0, 0.05) is 35.3 Å². The first-order valence-corrected chi connectivity index (χ1v) is 11.7. The molecule has 3 aromatic rings. The number of rotatable bonds is 7. The molecule has 0 saturated carbocycles. The van der Waals surface area contributed by atoms with Crippen molar-refractivity contribution in [3.63, 3.8) is 0 Å². The van der Waals surface area contributed by atoms with Crippen LogP contribution >= 0.6 is 0 Å². The lowest BCUT2D eigenvalue weighted by Crippen LogP contribution is -2.39. The van der Waals surface area contributed by atoms with Gasteiger partial charge < -0.3 is 10.5 Å². The van der Waals surface area contributed by atoms with Crippen LogP contribution < -0.4 is 15.4 Å². The highest BCUT2D eigenvalue weighted by atomic mass is 32.2. The van der Waals surface area contributed by atoms with Crippen LogP contribution in [-0.2, 0) is 20.8 Å². The van der Waals surface area contributed by atoms with Gasteiger partial charge in [-0.3, -0.25) is 19.5 Å².